The number of benzene rings is 2. The lowest BCUT2D eigenvalue weighted by Crippen LogP contribution is -2.31. The minimum atomic E-state index is -0.998. The Morgan fingerprint density at radius 2 is 1.43 bits per heavy atom. The molecule has 28 heavy (non-hydrogen) atoms. The summed E-state index contributed by atoms with van der Waals surface area (Å²) in [4.78, 5) is 35.0. The van der Waals surface area contributed by atoms with E-state index in [1.54, 1.807) is 55.6 Å². The van der Waals surface area contributed by atoms with Gasteiger partial charge in [0.15, 0.2) is 12.7 Å². The maximum absolute atomic E-state index is 12.1. The van der Waals surface area contributed by atoms with Gasteiger partial charge in [-0.05, 0) is 55.5 Å². The van der Waals surface area contributed by atoms with E-state index in [0.29, 0.717) is 22.9 Å². The Balaban J connectivity index is 1.78. The van der Waals surface area contributed by atoms with E-state index in [1.165, 1.54) is 13.8 Å². The van der Waals surface area contributed by atoms with Crippen LogP contribution in [0.25, 0.3) is 0 Å². The monoisotopic (exact) mass is 386 g/mol. The third kappa shape index (κ3) is 6.64. The summed E-state index contributed by atoms with van der Waals surface area (Å²) in [6, 6.07) is 13.3. The normalized spacial score (nSPS) is 11.1. The van der Waals surface area contributed by atoms with Gasteiger partial charge in [-0.1, -0.05) is 0 Å². The molecule has 0 aromatic heterocycles. The van der Waals surface area contributed by atoms with Crippen LogP contribution in [-0.2, 0) is 19.1 Å². The Bertz CT molecular complexity index is 818. The molecule has 1 atom stereocenters. The van der Waals surface area contributed by atoms with E-state index in [4.69, 9.17) is 14.2 Å². The van der Waals surface area contributed by atoms with Crippen molar-refractivity contribution >= 4 is 29.2 Å². The molecule has 148 valence electrons. The lowest BCUT2D eigenvalue weighted by Gasteiger charge is -2.14. The molecule has 8 heteroatoms. The SMILES string of the molecule is COc1ccc(OCC(=O)O[C@@H](C)C(=O)Nc2ccc(NC(C)=O)cc2)cc1. The lowest BCUT2D eigenvalue weighted by molar-refractivity contribution is -0.155. The van der Waals surface area contributed by atoms with Crippen molar-refractivity contribution in [2.75, 3.05) is 24.4 Å². The molecule has 0 radical (unpaired) electrons. The van der Waals surface area contributed by atoms with Gasteiger partial charge in [0, 0.05) is 18.3 Å². The van der Waals surface area contributed by atoms with E-state index in [0.717, 1.165) is 0 Å². The number of hydrogen-bond donors (Lipinski definition) is 2. The summed E-state index contributed by atoms with van der Waals surface area (Å²) in [5.41, 5.74) is 1.12. The molecule has 0 saturated heterocycles. The number of methoxy groups -OCH3 is 1. The van der Waals surface area contributed by atoms with Gasteiger partial charge in [-0.3, -0.25) is 9.59 Å². The molecule has 0 saturated carbocycles. The molecule has 0 fully saturated rings. The van der Waals surface area contributed by atoms with Crippen LogP contribution in [0.1, 0.15) is 13.8 Å². The number of ether oxygens (including phenoxy) is 3. The number of esters is 1. The van der Waals surface area contributed by atoms with Crippen molar-refractivity contribution in [1.29, 1.82) is 0 Å². The van der Waals surface area contributed by atoms with Gasteiger partial charge >= 0.3 is 5.97 Å². The van der Waals surface area contributed by atoms with Crippen LogP contribution in [0.4, 0.5) is 11.4 Å². The maximum atomic E-state index is 12.1. The van der Waals surface area contributed by atoms with Crippen molar-refractivity contribution in [2.45, 2.75) is 20.0 Å². The average molecular weight is 386 g/mol. The molecule has 2 rings (SSSR count). The number of hydrogen-bond acceptors (Lipinski definition) is 6. The zero-order valence-electron chi connectivity index (χ0n) is 15.9. The lowest BCUT2D eigenvalue weighted by atomic mass is 10.2. The number of nitrogens with one attached hydrogen (secondary N) is 2. The molecule has 0 aliphatic carbocycles. The predicted molar refractivity (Wildman–Crippen MR) is 103 cm³/mol. The van der Waals surface area contributed by atoms with E-state index in [2.05, 4.69) is 10.6 Å². The summed E-state index contributed by atoms with van der Waals surface area (Å²) in [5, 5.41) is 5.26. The minimum Gasteiger partial charge on any atom is -0.497 e. The van der Waals surface area contributed by atoms with E-state index in [9.17, 15) is 14.4 Å². The van der Waals surface area contributed by atoms with Crippen LogP contribution in [0, 0.1) is 0 Å². The fourth-order valence-electron chi connectivity index (χ4n) is 2.18. The van der Waals surface area contributed by atoms with Gasteiger partial charge in [0.2, 0.25) is 5.91 Å². The van der Waals surface area contributed by atoms with E-state index in [-0.39, 0.29) is 12.5 Å². The first-order valence-corrected chi connectivity index (χ1v) is 8.52. The number of carbonyl (C=O) groups excluding carboxylic acids is 3. The van der Waals surface area contributed by atoms with Gasteiger partial charge in [-0.25, -0.2) is 4.79 Å². The van der Waals surface area contributed by atoms with Crippen molar-refractivity contribution < 1.29 is 28.6 Å². The molecule has 2 aromatic rings. The van der Waals surface area contributed by atoms with Crippen LogP contribution in [0.15, 0.2) is 48.5 Å². The van der Waals surface area contributed by atoms with Crippen molar-refractivity contribution in [2.24, 2.45) is 0 Å². The van der Waals surface area contributed by atoms with Gasteiger partial charge in [0.1, 0.15) is 11.5 Å². The summed E-state index contributed by atoms with van der Waals surface area (Å²) < 4.78 is 15.4. The molecule has 8 nitrogen and oxygen atoms in total. The summed E-state index contributed by atoms with van der Waals surface area (Å²) in [7, 11) is 1.55. The molecule has 2 amide bonds. The molecule has 2 aromatic carbocycles. The second kappa shape index (κ2) is 9.96. The Labute approximate surface area is 162 Å². The van der Waals surface area contributed by atoms with Crippen LogP contribution in [-0.4, -0.2) is 37.6 Å². The number of amides is 2. The van der Waals surface area contributed by atoms with Crippen LogP contribution >= 0.6 is 0 Å². The Kier molecular flexibility index (Phi) is 7.38. The molecule has 0 heterocycles. The first-order valence-electron chi connectivity index (χ1n) is 8.52. The standard InChI is InChI=1S/C20H22N2O6/c1-13(20(25)22-16-6-4-15(5-7-16)21-14(2)23)28-19(24)12-27-18-10-8-17(26-3)9-11-18/h4-11,13H,12H2,1-3H3,(H,21,23)(H,22,25)/t13-/m0/s1. The summed E-state index contributed by atoms with van der Waals surface area (Å²) in [5.74, 6) is -0.182. The van der Waals surface area contributed by atoms with E-state index in [1.807, 2.05) is 0 Å². The van der Waals surface area contributed by atoms with Crippen LogP contribution in [0.3, 0.4) is 0 Å². The van der Waals surface area contributed by atoms with Crippen molar-refractivity contribution in [1.82, 2.24) is 0 Å². The van der Waals surface area contributed by atoms with Gasteiger partial charge in [0.05, 0.1) is 7.11 Å². The third-order valence-electron chi connectivity index (χ3n) is 3.57. The van der Waals surface area contributed by atoms with Crippen LogP contribution in [0.2, 0.25) is 0 Å². The highest BCUT2D eigenvalue weighted by atomic mass is 16.6. The minimum absolute atomic E-state index is 0.186. The fourth-order valence-corrected chi connectivity index (χ4v) is 2.18. The van der Waals surface area contributed by atoms with Crippen LogP contribution in [0.5, 0.6) is 11.5 Å². The van der Waals surface area contributed by atoms with Crippen molar-refractivity contribution in [3.63, 3.8) is 0 Å². The smallest absolute Gasteiger partial charge is 0.344 e. The van der Waals surface area contributed by atoms with Crippen molar-refractivity contribution in [3.8, 4) is 11.5 Å². The molecular weight excluding hydrogens is 364 g/mol. The zero-order valence-corrected chi connectivity index (χ0v) is 15.9. The van der Waals surface area contributed by atoms with Crippen LogP contribution < -0.4 is 20.1 Å². The van der Waals surface area contributed by atoms with E-state index >= 15 is 0 Å². The predicted octanol–water partition coefficient (Wildman–Crippen LogP) is 2.60. The molecule has 0 bridgehead atoms. The molecule has 0 aliphatic rings. The van der Waals surface area contributed by atoms with Gasteiger partial charge in [-0.2, -0.15) is 0 Å². The van der Waals surface area contributed by atoms with Gasteiger partial charge < -0.3 is 24.8 Å². The molecular formula is C20H22N2O6. The maximum Gasteiger partial charge on any atom is 0.344 e. The quantitative estimate of drug-likeness (QED) is 0.676. The number of carbonyl (C=O) groups is 3. The Hall–Kier alpha value is -3.55. The molecule has 2 N–H and O–H groups in total. The first-order chi connectivity index (χ1) is 13.4. The molecule has 0 aliphatic heterocycles. The highest BCUT2D eigenvalue weighted by Crippen LogP contribution is 2.17. The van der Waals surface area contributed by atoms with Crippen molar-refractivity contribution in [3.05, 3.63) is 48.5 Å². The van der Waals surface area contributed by atoms with Gasteiger partial charge in [-0.15, -0.1) is 0 Å². The summed E-state index contributed by atoms with van der Waals surface area (Å²) in [6.45, 7) is 2.55. The highest BCUT2D eigenvalue weighted by Gasteiger charge is 2.18. The average Bonchev–Trinajstić information content (AvgIpc) is 2.67. The Morgan fingerprint density at radius 3 is 1.96 bits per heavy atom. The number of anilines is 2. The molecule has 0 spiro atoms. The highest BCUT2D eigenvalue weighted by molar-refractivity contribution is 5.95. The second-order valence-electron chi connectivity index (χ2n) is 5.84. The second-order valence-corrected chi connectivity index (χ2v) is 5.84. The topological polar surface area (TPSA) is 103 Å². The summed E-state index contributed by atoms with van der Waals surface area (Å²) in [6.07, 6.45) is -0.998. The van der Waals surface area contributed by atoms with Gasteiger partial charge in [0.25, 0.3) is 5.91 Å². The first kappa shape index (κ1) is 20.8. The fraction of sp³-hybridized carbons (Fsp3) is 0.250. The largest absolute Gasteiger partial charge is 0.497 e. The third-order valence-corrected chi connectivity index (χ3v) is 3.57. The van der Waals surface area contributed by atoms with E-state index < -0.39 is 18.0 Å². The Morgan fingerprint density at radius 1 is 0.893 bits per heavy atom. The zero-order chi connectivity index (χ0) is 20.5. The number of rotatable bonds is 8. The molecule has 0 unspecified atom stereocenters. The summed E-state index contributed by atoms with van der Waals surface area (Å²) >= 11 is 0.